The summed E-state index contributed by atoms with van der Waals surface area (Å²) in [7, 11) is 1.64. The molecule has 1 aliphatic rings. The smallest absolute Gasteiger partial charge is 0.180 e. The van der Waals surface area contributed by atoms with Crippen LogP contribution in [-0.4, -0.2) is 18.2 Å². The van der Waals surface area contributed by atoms with Crippen molar-refractivity contribution in [3.05, 3.63) is 42.1 Å². The fraction of sp³-hybridized carbons (Fsp3) is 0.400. The summed E-state index contributed by atoms with van der Waals surface area (Å²) in [6.45, 7) is 0. The summed E-state index contributed by atoms with van der Waals surface area (Å²) in [4.78, 5) is 3.89. The molecule has 0 radical (unpaired) electrons. The number of ether oxygens (including phenoxy) is 2. The molecule has 106 valence electrons. The van der Waals surface area contributed by atoms with Gasteiger partial charge in [-0.25, -0.2) is 4.98 Å². The largest absolute Gasteiger partial charge is 0.493 e. The first kappa shape index (κ1) is 13.0. The highest BCUT2D eigenvalue weighted by molar-refractivity contribution is 5.45. The zero-order valence-corrected chi connectivity index (χ0v) is 11.4. The Morgan fingerprint density at radius 3 is 2.80 bits per heavy atom. The molecule has 0 bridgehead atoms. The highest BCUT2D eigenvalue weighted by Crippen LogP contribution is 2.35. The Bertz CT molecular complexity index is 565. The van der Waals surface area contributed by atoms with Crippen LogP contribution < -0.4 is 15.2 Å². The molecule has 1 aliphatic carbocycles. The van der Waals surface area contributed by atoms with Gasteiger partial charge in [-0.05, 0) is 37.0 Å². The molecule has 2 aromatic rings. The number of nitrogens with two attached hydrogens (primary N) is 1. The van der Waals surface area contributed by atoms with Gasteiger partial charge >= 0.3 is 0 Å². The number of hydrogen-bond acceptors (Lipinski definition) is 5. The van der Waals surface area contributed by atoms with E-state index < -0.39 is 0 Å². The Morgan fingerprint density at radius 2 is 2.20 bits per heavy atom. The van der Waals surface area contributed by atoms with Gasteiger partial charge in [0.25, 0.3) is 0 Å². The van der Waals surface area contributed by atoms with E-state index in [0.29, 0.717) is 11.9 Å². The van der Waals surface area contributed by atoms with Gasteiger partial charge in [0, 0.05) is 0 Å². The molecule has 0 saturated heterocycles. The Morgan fingerprint density at radius 1 is 1.35 bits per heavy atom. The van der Waals surface area contributed by atoms with Crippen LogP contribution in [0.1, 0.15) is 36.6 Å². The predicted molar refractivity (Wildman–Crippen MR) is 73.8 cm³/mol. The van der Waals surface area contributed by atoms with Crippen LogP contribution in [0.15, 0.2) is 35.2 Å². The maximum atomic E-state index is 6.17. The topological polar surface area (TPSA) is 70.5 Å². The van der Waals surface area contributed by atoms with Gasteiger partial charge in [-0.2, -0.15) is 0 Å². The van der Waals surface area contributed by atoms with Crippen LogP contribution in [0.4, 0.5) is 0 Å². The van der Waals surface area contributed by atoms with E-state index in [1.54, 1.807) is 13.3 Å². The minimum absolute atomic E-state index is 0.292. The standard InChI is InChI=1S/C15H18N2O3/c1-18-12-6-5-10(15(16)14-8-17-9-19-14)7-13(12)20-11-3-2-4-11/h5-9,11,15H,2-4,16H2,1H3. The maximum absolute atomic E-state index is 6.17. The average Bonchev–Trinajstić information content (AvgIpc) is 2.96. The average molecular weight is 274 g/mol. The van der Waals surface area contributed by atoms with Crippen molar-refractivity contribution in [2.75, 3.05) is 7.11 Å². The molecule has 1 unspecified atom stereocenters. The Kier molecular flexibility index (Phi) is 3.60. The normalized spacial score (nSPS) is 16.5. The van der Waals surface area contributed by atoms with Crippen LogP contribution in [0.25, 0.3) is 0 Å². The summed E-state index contributed by atoms with van der Waals surface area (Å²) in [5, 5.41) is 0. The Hall–Kier alpha value is -2.01. The fourth-order valence-electron chi connectivity index (χ4n) is 2.19. The molecule has 1 aromatic heterocycles. The minimum atomic E-state index is -0.354. The number of aromatic nitrogens is 1. The van der Waals surface area contributed by atoms with Crippen molar-refractivity contribution in [1.82, 2.24) is 4.98 Å². The van der Waals surface area contributed by atoms with E-state index >= 15 is 0 Å². The molecule has 1 fully saturated rings. The molecule has 1 saturated carbocycles. The Balaban J connectivity index is 1.86. The highest BCUT2D eigenvalue weighted by atomic mass is 16.5. The van der Waals surface area contributed by atoms with E-state index in [0.717, 1.165) is 29.9 Å². The lowest BCUT2D eigenvalue weighted by atomic mass is 9.96. The van der Waals surface area contributed by atoms with Gasteiger partial charge in [-0.1, -0.05) is 6.07 Å². The van der Waals surface area contributed by atoms with E-state index in [2.05, 4.69) is 4.98 Å². The molecule has 5 heteroatoms. The van der Waals surface area contributed by atoms with Gasteiger partial charge in [0.05, 0.1) is 25.5 Å². The molecular formula is C15H18N2O3. The van der Waals surface area contributed by atoms with Crippen molar-refractivity contribution in [2.24, 2.45) is 5.73 Å². The number of methoxy groups -OCH3 is 1. The third-order valence-corrected chi connectivity index (χ3v) is 3.65. The molecule has 0 aliphatic heterocycles. The van der Waals surface area contributed by atoms with Crippen LogP contribution in [0, 0.1) is 0 Å². The molecule has 5 nitrogen and oxygen atoms in total. The second-order valence-corrected chi connectivity index (χ2v) is 4.96. The first-order valence-corrected chi connectivity index (χ1v) is 6.76. The van der Waals surface area contributed by atoms with Crippen molar-refractivity contribution in [3.8, 4) is 11.5 Å². The van der Waals surface area contributed by atoms with Gasteiger partial charge in [-0.15, -0.1) is 0 Å². The lowest BCUT2D eigenvalue weighted by Crippen LogP contribution is -2.25. The molecule has 0 amide bonds. The first-order chi connectivity index (χ1) is 9.78. The zero-order chi connectivity index (χ0) is 13.9. The molecule has 0 spiro atoms. The zero-order valence-electron chi connectivity index (χ0n) is 11.4. The number of rotatable bonds is 5. The van der Waals surface area contributed by atoms with Crippen LogP contribution in [-0.2, 0) is 0 Å². The monoisotopic (exact) mass is 274 g/mol. The summed E-state index contributed by atoms with van der Waals surface area (Å²) < 4.78 is 16.5. The molecule has 20 heavy (non-hydrogen) atoms. The van der Waals surface area contributed by atoms with Gasteiger partial charge in [-0.3, -0.25) is 0 Å². The van der Waals surface area contributed by atoms with Crippen molar-refractivity contribution in [3.63, 3.8) is 0 Å². The van der Waals surface area contributed by atoms with Gasteiger partial charge < -0.3 is 19.6 Å². The van der Waals surface area contributed by atoms with Crippen molar-refractivity contribution in [2.45, 2.75) is 31.4 Å². The van der Waals surface area contributed by atoms with E-state index in [-0.39, 0.29) is 6.04 Å². The number of nitrogens with zero attached hydrogens (tertiary/aromatic N) is 1. The minimum Gasteiger partial charge on any atom is -0.493 e. The van der Waals surface area contributed by atoms with Crippen LogP contribution >= 0.6 is 0 Å². The molecule has 3 rings (SSSR count). The summed E-state index contributed by atoms with van der Waals surface area (Å²) in [6, 6.07) is 5.36. The second-order valence-electron chi connectivity index (χ2n) is 4.96. The van der Waals surface area contributed by atoms with E-state index in [1.165, 1.54) is 12.8 Å². The summed E-state index contributed by atoms with van der Waals surface area (Å²) in [5.74, 6) is 2.10. The molecule has 2 N–H and O–H groups in total. The number of hydrogen-bond donors (Lipinski definition) is 1. The van der Waals surface area contributed by atoms with Crippen molar-refractivity contribution >= 4 is 0 Å². The van der Waals surface area contributed by atoms with Crippen molar-refractivity contribution in [1.29, 1.82) is 0 Å². The summed E-state index contributed by atoms with van der Waals surface area (Å²) in [6.07, 6.45) is 6.72. The van der Waals surface area contributed by atoms with Crippen LogP contribution in [0.3, 0.4) is 0 Å². The SMILES string of the molecule is COc1ccc(C(N)c2cnco2)cc1OC1CCC1. The van der Waals surface area contributed by atoms with E-state index in [9.17, 15) is 0 Å². The summed E-state index contributed by atoms with van der Waals surface area (Å²) >= 11 is 0. The van der Waals surface area contributed by atoms with Gasteiger partial charge in [0.2, 0.25) is 0 Å². The van der Waals surface area contributed by atoms with E-state index in [4.69, 9.17) is 19.6 Å². The van der Waals surface area contributed by atoms with Crippen LogP contribution in [0.2, 0.25) is 0 Å². The molecule has 1 heterocycles. The highest BCUT2D eigenvalue weighted by Gasteiger charge is 2.22. The molecular weight excluding hydrogens is 256 g/mol. The van der Waals surface area contributed by atoms with E-state index in [1.807, 2.05) is 18.2 Å². The van der Waals surface area contributed by atoms with Crippen LogP contribution in [0.5, 0.6) is 11.5 Å². The predicted octanol–water partition coefficient (Wildman–Crippen LogP) is 2.66. The Labute approximate surface area is 117 Å². The van der Waals surface area contributed by atoms with Gasteiger partial charge in [0.1, 0.15) is 5.76 Å². The lowest BCUT2D eigenvalue weighted by molar-refractivity contribution is 0.116. The second kappa shape index (κ2) is 5.54. The maximum Gasteiger partial charge on any atom is 0.180 e. The first-order valence-electron chi connectivity index (χ1n) is 6.76. The lowest BCUT2D eigenvalue weighted by Gasteiger charge is -2.27. The summed E-state index contributed by atoms with van der Waals surface area (Å²) in [5.41, 5.74) is 7.08. The fourth-order valence-corrected chi connectivity index (χ4v) is 2.19. The quantitative estimate of drug-likeness (QED) is 0.907. The van der Waals surface area contributed by atoms with Gasteiger partial charge in [0.15, 0.2) is 17.9 Å². The third-order valence-electron chi connectivity index (χ3n) is 3.65. The third kappa shape index (κ3) is 2.49. The number of oxazole rings is 1. The van der Waals surface area contributed by atoms with Crippen molar-refractivity contribution < 1.29 is 13.9 Å². The molecule has 1 atom stereocenters. The molecule has 1 aromatic carbocycles. The number of benzene rings is 1.